The number of benzene rings is 4. The second-order valence-corrected chi connectivity index (χ2v) is 9.81. The Morgan fingerprint density at radius 3 is 2.22 bits per heavy atom. The number of carbonyl (C=O) groups is 2. The third kappa shape index (κ3) is 7.25. The molecule has 0 bridgehead atoms. The minimum atomic E-state index is -0.554. The zero-order valence-electron chi connectivity index (χ0n) is 19.0. The van der Waals surface area contributed by atoms with Crippen molar-refractivity contribution in [2.24, 2.45) is 0 Å². The van der Waals surface area contributed by atoms with Crippen molar-refractivity contribution in [3.05, 3.63) is 130 Å². The van der Waals surface area contributed by atoms with Gasteiger partial charge in [-0.1, -0.05) is 89.9 Å². The molecule has 1 unspecified atom stereocenters. The molecule has 4 nitrogen and oxygen atoms in total. The lowest BCUT2D eigenvalue weighted by Gasteiger charge is -2.18. The molecule has 0 radical (unpaired) electrons. The van der Waals surface area contributed by atoms with Gasteiger partial charge in [0.25, 0.3) is 0 Å². The zero-order valence-corrected chi connectivity index (χ0v) is 21.4. The topological polar surface area (TPSA) is 58.2 Å². The van der Waals surface area contributed by atoms with Crippen LogP contribution < -0.4 is 10.6 Å². The van der Waals surface area contributed by atoms with Crippen molar-refractivity contribution in [3.8, 4) is 0 Å². The summed E-state index contributed by atoms with van der Waals surface area (Å²) in [6.07, 6.45) is 3.25. The number of hydrogen-bond acceptors (Lipinski definition) is 3. The van der Waals surface area contributed by atoms with E-state index in [4.69, 9.17) is 23.2 Å². The first kappa shape index (κ1) is 25.6. The van der Waals surface area contributed by atoms with Crippen LogP contribution in [-0.4, -0.2) is 11.8 Å². The van der Waals surface area contributed by atoms with Gasteiger partial charge in [-0.05, 0) is 53.6 Å². The van der Waals surface area contributed by atoms with E-state index in [1.807, 2.05) is 84.9 Å². The molecule has 2 amide bonds. The first-order valence-corrected chi connectivity index (χ1v) is 12.7. The van der Waals surface area contributed by atoms with Crippen molar-refractivity contribution in [1.29, 1.82) is 0 Å². The minimum absolute atomic E-state index is 0.226. The lowest BCUT2D eigenvalue weighted by Crippen LogP contribution is -2.19. The van der Waals surface area contributed by atoms with Gasteiger partial charge >= 0.3 is 0 Å². The van der Waals surface area contributed by atoms with Gasteiger partial charge in [-0.25, -0.2) is 0 Å². The smallest absolute Gasteiger partial charge is 0.248 e. The number of thioether (sulfide) groups is 1. The van der Waals surface area contributed by atoms with Crippen LogP contribution in [0.1, 0.15) is 16.4 Å². The van der Waals surface area contributed by atoms with E-state index in [0.29, 0.717) is 21.4 Å². The summed E-state index contributed by atoms with van der Waals surface area (Å²) in [5, 5.41) is 6.08. The summed E-state index contributed by atoms with van der Waals surface area (Å²) in [6, 6.07) is 31.4. The maximum Gasteiger partial charge on any atom is 0.248 e. The fourth-order valence-corrected chi connectivity index (χ4v) is 4.93. The van der Waals surface area contributed by atoms with Crippen molar-refractivity contribution < 1.29 is 9.59 Å². The molecule has 4 aromatic rings. The van der Waals surface area contributed by atoms with Gasteiger partial charge < -0.3 is 10.6 Å². The van der Waals surface area contributed by atoms with Crippen molar-refractivity contribution in [2.75, 3.05) is 10.6 Å². The molecule has 180 valence electrons. The standard InChI is InChI=1S/C29H22Cl2N2O2S/c30-22-15-16-26(25(31)18-22)33-29(35)28(21-10-5-2-6-11-21)36-24-13-7-12-23(19-24)32-27(34)17-14-20-8-3-1-4-9-20/h1-19,28H,(H,32,34)(H,33,35)/b17-14+. The molecule has 0 aromatic heterocycles. The van der Waals surface area contributed by atoms with Gasteiger partial charge in [-0.15, -0.1) is 11.8 Å². The molecular weight excluding hydrogens is 511 g/mol. The van der Waals surface area contributed by atoms with E-state index in [1.54, 1.807) is 24.3 Å². The predicted molar refractivity (Wildman–Crippen MR) is 151 cm³/mol. The highest BCUT2D eigenvalue weighted by molar-refractivity contribution is 8.00. The molecule has 0 saturated carbocycles. The third-order valence-corrected chi connectivity index (χ3v) is 6.91. The van der Waals surface area contributed by atoms with Gasteiger partial charge in [0.05, 0.1) is 10.7 Å². The summed E-state index contributed by atoms with van der Waals surface area (Å²) in [5.41, 5.74) is 2.90. The molecule has 0 aliphatic heterocycles. The van der Waals surface area contributed by atoms with Gasteiger partial charge in [0.2, 0.25) is 11.8 Å². The van der Waals surface area contributed by atoms with Crippen LogP contribution in [0.3, 0.4) is 0 Å². The van der Waals surface area contributed by atoms with Gasteiger partial charge in [0.15, 0.2) is 0 Å². The van der Waals surface area contributed by atoms with E-state index >= 15 is 0 Å². The quantitative estimate of drug-likeness (QED) is 0.178. The van der Waals surface area contributed by atoms with Crippen LogP contribution >= 0.6 is 35.0 Å². The van der Waals surface area contributed by atoms with Crippen LogP contribution in [0.2, 0.25) is 10.0 Å². The molecule has 0 heterocycles. The highest BCUT2D eigenvalue weighted by atomic mass is 35.5. The number of rotatable bonds is 8. The van der Waals surface area contributed by atoms with Gasteiger partial charge in [0.1, 0.15) is 5.25 Å². The number of carbonyl (C=O) groups excluding carboxylic acids is 2. The van der Waals surface area contributed by atoms with Gasteiger partial charge in [0, 0.05) is 21.7 Å². The van der Waals surface area contributed by atoms with E-state index in [1.165, 1.54) is 17.8 Å². The van der Waals surface area contributed by atoms with Crippen LogP contribution in [0.4, 0.5) is 11.4 Å². The first-order chi connectivity index (χ1) is 17.5. The van der Waals surface area contributed by atoms with Crippen LogP contribution in [0, 0.1) is 0 Å². The first-order valence-electron chi connectivity index (χ1n) is 11.1. The number of anilines is 2. The van der Waals surface area contributed by atoms with Crippen LogP contribution in [0.25, 0.3) is 6.08 Å². The van der Waals surface area contributed by atoms with Crippen LogP contribution in [-0.2, 0) is 9.59 Å². The number of nitrogens with one attached hydrogen (secondary N) is 2. The monoisotopic (exact) mass is 532 g/mol. The van der Waals surface area contributed by atoms with Crippen LogP contribution in [0.5, 0.6) is 0 Å². The summed E-state index contributed by atoms with van der Waals surface area (Å²) in [6.45, 7) is 0. The highest BCUT2D eigenvalue weighted by Crippen LogP contribution is 2.38. The summed E-state index contributed by atoms with van der Waals surface area (Å²) in [5.74, 6) is -0.466. The van der Waals surface area contributed by atoms with Gasteiger partial charge in [-0.2, -0.15) is 0 Å². The van der Waals surface area contributed by atoms with E-state index in [9.17, 15) is 9.59 Å². The van der Waals surface area contributed by atoms with Crippen molar-refractivity contribution in [2.45, 2.75) is 10.1 Å². The van der Waals surface area contributed by atoms with E-state index in [2.05, 4.69) is 10.6 Å². The molecule has 0 aliphatic carbocycles. The summed E-state index contributed by atoms with van der Waals surface area (Å²) in [4.78, 5) is 26.6. The fourth-order valence-electron chi connectivity index (χ4n) is 3.39. The number of halogens is 2. The average Bonchev–Trinajstić information content (AvgIpc) is 2.89. The maximum atomic E-state index is 13.3. The highest BCUT2D eigenvalue weighted by Gasteiger charge is 2.23. The number of hydrogen-bond donors (Lipinski definition) is 2. The SMILES string of the molecule is O=C(/C=C/c1ccccc1)Nc1cccc(SC(C(=O)Nc2ccc(Cl)cc2Cl)c2ccccc2)c1. The molecule has 7 heteroatoms. The molecular formula is C29H22Cl2N2O2S. The Morgan fingerprint density at radius 2 is 1.50 bits per heavy atom. The lowest BCUT2D eigenvalue weighted by molar-refractivity contribution is -0.116. The summed E-state index contributed by atoms with van der Waals surface area (Å²) >= 11 is 13.6. The van der Waals surface area contributed by atoms with E-state index < -0.39 is 5.25 Å². The molecule has 0 fully saturated rings. The molecule has 0 aliphatic rings. The minimum Gasteiger partial charge on any atom is -0.323 e. The second-order valence-electron chi connectivity index (χ2n) is 7.78. The Morgan fingerprint density at radius 1 is 0.778 bits per heavy atom. The molecule has 1 atom stereocenters. The fraction of sp³-hybridized carbons (Fsp3) is 0.0345. The average molecular weight is 533 g/mol. The Hall–Kier alpha value is -3.51. The lowest BCUT2D eigenvalue weighted by atomic mass is 10.1. The van der Waals surface area contributed by atoms with Crippen LogP contribution in [0.15, 0.2) is 114 Å². The molecule has 0 saturated heterocycles. The Labute approximate surface area is 224 Å². The van der Waals surface area contributed by atoms with E-state index in [-0.39, 0.29) is 11.8 Å². The molecule has 4 rings (SSSR count). The maximum absolute atomic E-state index is 13.3. The summed E-state index contributed by atoms with van der Waals surface area (Å²) < 4.78 is 0. The molecule has 4 aromatic carbocycles. The van der Waals surface area contributed by atoms with Crippen molar-refractivity contribution in [1.82, 2.24) is 0 Å². The van der Waals surface area contributed by atoms with Crippen molar-refractivity contribution in [3.63, 3.8) is 0 Å². The molecule has 0 spiro atoms. The summed E-state index contributed by atoms with van der Waals surface area (Å²) in [7, 11) is 0. The Bertz CT molecular complexity index is 1380. The van der Waals surface area contributed by atoms with Crippen molar-refractivity contribution >= 4 is 64.2 Å². The normalized spacial score (nSPS) is 11.7. The second kappa shape index (κ2) is 12.5. The Balaban J connectivity index is 1.50. The predicted octanol–water partition coefficient (Wildman–Crippen LogP) is 8.12. The number of amides is 2. The van der Waals surface area contributed by atoms with Gasteiger partial charge in [-0.3, -0.25) is 9.59 Å². The zero-order chi connectivity index (χ0) is 25.3. The largest absolute Gasteiger partial charge is 0.323 e. The Kier molecular flexibility index (Phi) is 8.85. The molecule has 36 heavy (non-hydrogen) atoms. The molecule has 2 N–H and O–H groups in total. The van der Waals surface area contributed by atoms with E-state index in [0.717, 1.165) is 16.0 Å². The third-order valence-electron chi connectivity index (χ3n) is 5.11.